The highest BCUT2D eigenvalue weighted by Crippen LogP contribution is 2.17. The molecule has 0 spiro atoms. The third kappa shape index (κ3) is 5.68. The fourth-order valence-electron chi connectivity index (χ4n) is 2.44. The van der Waals surface area contributed by atoms with Crippen LogP contribution in [0.25, 0.3) is 0 Å². The Morgan fingerprint density at radius 1 is 1.17 bits per heavy atom. The number of hydrogen-bond acceptors (Lipinski definition) is 7. The Balaban J connectivity index is 1.58. The minimum absolute atomic E-state index is 0.181. The lowest BCUT2D eigenvalue weighted by molar-refractivity contribution is 0.102. The van der Waals surface area contributed by atoms with E-state index in [0.717, 1.165) is 11.3 Å². The van der Waals surface area contributed by atoms with Crippen molar-refractivity contribution in [3.05, 3.63) is 66.2 Å². The molecule has 0 aliphatic heterocycles. The zero-order chi connectivity index (χ0) is 20.5. The van der Waals surface area contributed by atoms with Gasteiger partial charge < -0.3 is 21.1 Å². The molecule has 4 N–H and O–H groups in total. The topological polar surface area (TPSA) is 115 Å². The van der Waals surface area contributed by atoms with Crippen LogP contribution < -0.4 is 21.1 Å². The van der Waals surface area contributed by atoms with Gasteiger partial charge in [0.2, 0.25) is 5.88 Å². The monoisotopic (exact) mass is 388 g/mol. The first-order chi connectivity index (χ1) is 14.2. The number of hydrogen-bond donors (Lipinski definition) is 3. The fourth-order valence-corrected chi connectivity index (χ4v) is 2.44. The van der Waals surface area contributed by atoms with E-state index in [1.165, 1.54) is 12.4 Å². The van der Waals surface area contributed by atoms with E-state index in [2.05, 4.69) is 31.5 Å². The number of terminal acetylenes is 1. The van der Waals surface area contributed by atoms with Crippen LogP contribution in [-0.4, -0.2) is 27.5 Å². The maximum Gasteiger partial charge on any atom is 0.275 e. The molecular weight excluding hydrogens is 368 g/mol. The quantitative estimate of drug-likeness (QED) is 0.401. The number of benzene rings is 1. The number of anilines is 3. The van der Waals surface area contributed by atoms with E-state index in [-0.39, 0.29) is 11.6 Å². The minimum Gasteiger partial charge on any atom is -0.476 e. The van der Waals surface area contributed by atoms with Gasteiger partial charge in [-0.1, -0.05) is 12.1 Å². The van der Waals surface area contributed by atoms with E-state index in [4.69, 9.17) is 16.9 Å². The first-order valence-corrected chi connectivity index (χ1v) is 8.88. The van der Waals surface area contributed by atoms with Gasteiger partial charge in [-0.15, -0.1) is 12.3 Å². The third-order valence-corrected chi connectivity index (χ3v) is 3.86. The van der Waals surface area contributed by atoms with Crippen molar-refractivity contribution < 1.29 is 9.53 Å². The van der Waals surface area contributed by atoms with E-state index < -0.39 is 0 Å². The van der Waals surface area contributed by atoms with Crippen molar-refractivity contribution in [1.29, 1.82) is 0 Å². The largest absolute Gasteiger partial charge is 0.476 e. The molecule has 0 fully saturated rings. The molecule has 0 aliphatic carbocycles. The van der Waals surface area contributed by atoms with Crippen LogP contribution in [0.1, 0.15) is 22.5 Å². The molecule has 146 valence electrons. The van der Waals surface area contributed by atoms with Crippen LogP contribution in [0.2, 0.25) is 0 Å². The van der Waals surface area contributed by atoms with Crippen LogP contribution in [-0.2, 0) is 6.54 Å². The van der Waals surface area contributed by atoms with Crippen molar-refractivity contribution >= 4 is 23.1 Å². The summed E-state index contributed by atoms with van der Waals surface area (Å²) in [5, 5.41) is 6.03. The average Bonchev–Trinajstić information content (AvgIpc) is 2.74. The molecule has 0 unspecified atom stereocenters. The SMILES string of the molecule is C#CCCOc1cnc(C(=O)Nc2cccc(CNc3cccnc3N)c2)cn1. The lowest BCUT2D eigenvalue weighted by atomic mass is 10.2. The second-order valence-electron chi connectivity index (χ2n) is 5.99. The van der Waals surface area contributed by atoms with Gasteiger partial charge in [0, 0.05) is 24.8 Å². The lowest BCUT2D eigenvalue weighted by Crippen LogP contribution is -2.14. The Labute approximate surface area is 168 Å². The predicted molar refractivity (Wildman–Crippen MR) is 111 cm³/mol. The summed E-state index contributed by atoms with van der Waals surface area (Å²) in [6.45, 7) is 0.880. The Kier molecular flexibility index (Phi) is 6.58. The second kappa shape index (κ2) is 9.71. The van der Waals surface area contributed by atoms with Crippen LogP contribution in [0.5, 0.6) is 5.88 Å². The standard InChI is InChI=1S/C21H20N6O2/c1-2-3-10-29-19-14-25-18(13-26-19)21(28)27-16-7-4-6-15(11-16)12-24-17-8-5-9-23-20(17)22/h1,4-9,11,13-14,24H,3,10,12H2,(H2,22,23)(H,27,28). The Bertz CT molecular complexity index is 1010. The van der Waals surface area contributed by atoms with Crippen LogP contribution >= 0.6 is 0 Å². The van der Waals surface area contributed by atoms with E-state index in [1.54, 1.807) is 12.3 Å². The van der Waals surface area contributed by atoms with Gasteiger partial charge in [-0.3, -0.25) is 4.79 Å². The molecular formula is C21H20N6O2. The number of pyridine rings is 1. The molecule has 0 radical (unpaired) electrons. The van der Waals surface area contributed by atoms with Crippen molar-refractivity contribution in [1.82, 2.24) is 15.0 Å². The van der Waals surface area contributed by atoms with E-state index in [1.807, 2.05) is 30.3 Å². The zero-order valence-electron chi connectivity index (χ0n) is 15.6. The number of nitrogens with two attached hydrogens (primary N) is 1. The summed E-state index contributed by atoms with van der Waals surface area (Å²) in [6.07, 6.45) is 10.0. The first kappa shape index (κ1) is 19.6. The zero-order valence-corrected chi connectivity index (χ0v) is 15.6. The van der Waals surface area contributed by atoms with E-state index in [9.17, 15) is 4.79 Å². The average molecular weight is 388 g/mol. The summed E-state index contributed by atoms with van der Waals surface area (Å²) >= 11 is 0. The fraction of sp³-hybridized carbons (Fsp3) is 0.143. The van der Waals surface area contributed by atoms with Gasteiger partial charge in [-0.2, -0.15) is 0 Å². The van der Waals surface area contributed by atoms with Gasteiger partial charge in [0.15, 0.2) is 0 Å². The molecule has 29 heavy (non-hydrogen) atoms. The number of ether oxygens (including phenoxy) is 1. The summed E-state index contributed by atoms with van der Waals surface area (Å²) in [5.41, 5.74) is 8.37. The first-order valence-electron chi connectivity index (χ1n) is 8.88. The minimum atomic E-state index is -0.366. The summed E-state index contributed by atoms with van der Waals surface area (Å²) < 4.78 is 5.32. The molecule has 1 aromatic carbocycles. The Hall–Kier alpha value is -4.12. The molecule has 0 saturated carbocycles. The van der Waals surface area contributed by atoms with Crippen LogP contribution in [0.3, 0.4) is 0 Å². The number of rotatable bonds is 8. The van der Waals surface area contributed by atoms with Gasteiger partial charge in [-0.05, 0) is 29.8 Å². The third-order valence-electron chi connectivity index (χ3n) is 3.86. The highest BCUT2D eigenvalue weighted by atomic mass is 16.5. The molecule has 8 heteroatoms. The Morgan fingerprint density at radius 2 is 2.07 bits per heavy atom. The van der Waals surface area contributed by atoms with Gasteiger partial charge in [0.1, 0.15) is 18.1 Å². The molecule has 1 amide bonds. The number of carbonyl (C=O) groups excluding carboxylic acids is 1. The van der Waals surface area contributed by atoms with E-state index >= 15 is 0 Å². The van der Waals surface area contributed by atoms with Gasteiger partial charge in [-0.25, -0.2) is 15.0 Å². The second-order valence-corrected chi connectivity index (χ2v) is 5.99. The molecule has 0 saturated heterocycles. The number of amides is 1. The number of aromatic nitrogens is 3. The lowest BCUT2D eigenvalue weighted by Gasteiger charge is -2.10. The van der Waals surface area contributed by atoms with Crippen LogP contribution in [0.15, 0.2) is 55.0 Å². The van der Waals surface area contributed by atoms with Gasteiger partial charge in [0.05, 0.1) is 18.1 Å². The predicted octanol–water partition coefficient (Wildman–Crippen LogP) is 2.72. The molecule has 8 nitrogen and oxygen atoms in total. The normalized spacial score (nSPS) is 10.0. The van der Waals surface area contributed by atoms with Crippen molar-refractivity contribution in [3.8, 4) is 18.2 Å². The molecule has 2 aromatic heterocycles. The number of carbonyl (C=O) groups is 1. The number of nitrogens with one attached hydrogen (secondary N) is 2. The highest BCUT2D eigenvalue weighted by Gasteiger charge is 2.09. The van der Waals surface area contributed by atoms with Crippen molar-refractivity contribution in [2.45, 2.75) is 13.0 Å². The van der Waals surface area contributed by atoms with Gasteiger partial charge >= 0.3 is 0 Å². The van der Waals surface area contributed by atoms with Crippen molar-refractivity contribution in [2.24, 2.45) is 0 Å². The number of nitrogens with zero attached hydrogens (tertiary/aromatic N) is 3. The van der Waals surface area contributed by atoms with Crippen LogP contribution in [0.4, 0.5) is 17.2 Å². The number of nitrogen functional groups attached to an aromatic ring is 1. The summed E-state index contributed by atoms with van der Waals surface area (Å²) in [5.74, 6) is 2.85. The summed E-state index contributed by atoms with van der Waals surface area (Å²) in [4.78, 5) is 24.6. The van der Waals surface area contributed by atoms with E-state index in [0.29, 0.717) is 37.0 Å². The molecule has 0 bridgehead atoms. The Morgan fingerprint density at radius 3 is 2.83 bits per heavy atom. The maximum absolute atomic E-state index is 12.4. The molecule has 3 rings (SSSR count). The molecule has 3 aromatic rings. The summed E-state index contributed by atoms with van der Waals surface area (Å²) in [6, 6.07) is 11.1. The van der Waals surface area contributed by atoms with Gasteiger partial charge in [0.25, 0.3) is 5.91 Å². The maximum atomic E-state index is 12.4. The summed E-state index contributed by atoms with van der Waals surface area (Å²) in [7, 11) is 0. The molecule has 2 heterocycles. The smallest absolute Gasteiger partial charge is 0.275 e. The highest BCUT2D eigenvalue weighted by molar-refractivity contribution is 6.02. The van der Waals surface area contributed by atoms with Crippen molar-refractivity contribution in [2.75, 3.05) is 23.0 Å². The van der Waals surface area contributed by atoms with Crippen LogP contribution in [0, 0.1) is 12.3 Å². The molecule has 0 atom stereocenters. The van der Waals surface area contributed by atoms with Crippen molar-refractivity contribution in [3.63, 3.8) is 0 Å². The molecule has 0 aliphatic rings.